The Kier molecular flexibility index (Phi) is 4.62. The predicted molar refractivity (Wildman–Crippen MR) is 112 cm³/mol. The van der Waals surface area contributed by atoms with Gasteiger partial charge >= 0.3 is 180 Å². The number of benzene rings is 2. The Bertz CT molecular complexity index is 975. The van der Waals surface area contributed by atoms with Gasteiger partial charge in [0.1, 0.15) is 0 Å². The Morgan fingerprint density at radius 2 is 1.54 bits per heavy atom. The summed E-state index contributed by atoms with van der Waals surface area (Å²) in [6, 6.07) is 14.4. The van der Waals surface area contributed by atoms with Crippen LogP contribution in [-0.4, -0.2) is 12.9 Å². The number of nitrogens with zero attached hydrogens (tertiary/aromatic N) is 2. The Hall–Kier alpha value is -0.836. The number of carbonyl (C=O) groups excluding carboxylic acids is 1. The van der Waals surface area contributed by atoms with E-state index in [9.17, 15) is 4.79 Å². The number of halogens is 2. The molecule has 0 aliphatic carbocycles. The first-order valence-electron chi connectivity index (χ1n) is 9.60. The van der Waals surface area contributed by atoms with E-state index in [4.69, 9.17) is 18.6 Å². The van der Waals surface area contributed by atoms with Gasteiger partial charge in [0.05, 0.1) is 0 Å². The van der Waals surface area contributed by atoms with Crippen molar-refractivity contribution in [2.45, 2.75) is 58.4 Å². The molecule has 4 rings (SSSR count). The molecule has 28 heavy (non-hydrogen) atoms. The molecular weight excluding hydrogens is 427 g/mol. The van der Waals surface area contributed by atoms with Crippen molar-refractivity contribution in [1.82, 2.24) is 6.98 Å². The molecule has 0 saturated carbocycles. The second-order valence-electron chi connectivity index (χ2n) is 9.76. The minimum atomic E-state index is -3.50. The quantitative estimate of drug-likeness (QED) is 0.371. The van der Waals surface area contributed by atoms with E-state index in [1.54, 1.807) is 3.49 Å². The molecule has 2 aromatic rings. The molecule has 1 fully saturated rings. The fraction of sp³-hybridized carbons (Fsp3) is 0.409. The molecule has 0 aromatic heterocycles. The number of hydrazine groups is 1. The van der Waals surface area contributed by atoms with Crippen molar-refractivity contribution in [2.24, 2.45) is 0 Å². The van der Waals surface area contributed by atoms with Gasteiger partial charge in [-0.1, -0.05) is 0 Å². The Morgan fingerprint density at radius 1 is 0.893 bits per heavy atom. The summed E-state index contributed by atoms with van der Waals surface area (Å²) in [6.45, 7) is 13.4. The third-order valence-electron chi connectivity index (χ3n) is 5.65. The second kappa shape index (κ2) is 6.33. The summed E-state index contributed by atoms with van der Waals surface area (Å²) in [6.07, 6.45) is 0. The van der Waals surface area contributed by atoms with E-state index >= 15 is 0 Å². The summed E-state index contributed by atoms with van der Waals surface area (Å²) in [4.78, 5) is 12.9. The maximum absolute atomic E-state index is 12.9. The van der Waals surface area contributed by atoms with Crippen molar-refractivity contribution in [3.8, 4) is 0 Å². The predicted octanol–water partition coefficient (Wildman–Crippen LogP) is 6.35. The van der Waals surface area contributed by atoms with Gasteiger partial charge in [-0.15, -0.1) is 0 Å². The number of amides is 1. The van der Waals surface area contributed by atoms with Crippen molar-refractivity contribution in [2.75, 3.05) is 0 Å². The summed E-state index contributed by atoms with van der Waals surface area (Å²) < 4.78 is 3.61. The molecule has 1 amide bonds. The fourth-order valence-electron chi connectivity index (χ4n) is 4.07. The SMILES string of the molecule is CC(C)(C)c1ccc(C2c3ccccc3C(=O)[N]3[N]2[Ti]3([Cl])[Cl])c(C(C)(C)C)c1. The number of rotatable bonds is 1. The standard InChI is InChI=1S/C22H26N2O.2ClH.Ti/c1-21(2,3)14-11-12-17(18(13-14)22(4,5)6)19-15-9-7-8-10-16(15)20(25)24-23-19;;;/h7-13,19H,1-6H3;2*1H;/q-2;;;+4/p-2. The van der Waals surface area contributed by atoms with Crippen molar-refractivity contribution >= 4 is 24.5 Å². The molecule has 148 valence electrons. The van der Waals surface area contributed by atoms with Crippen LogP contribution in [0.1, 0.15) is 80.2 Å². The topological polar surface area (TPSA) is 23.1 Å². The molecule has 2 aliphatic heterocycles. The number of hydrogen-bond donors (Lipinski definition) is 0. The van der Waals surface area contributed by atoms with Crippen LogP contribution in [-0.2, 0) is 25.8 Å². The third-order valence-corrected chi connectivity index (χ3v) is 11.1. The normalized spacial score (nSPS) is 23.3. The van der Waals surface area contributed by atoms with Crippen LogP contribution in [0.3, 0.4) is 0 Å². The number of fused-ring (bicyclic) bond motifs is 2. The molecule has 0 N–H and O–H groups in total. The van der Waals surface area contributed by atoms with E-state index in [1.807, 2.05) is 27.8 Å². The molecule has 2 atom stereocenters. The average molecular weight is 453 g/mol. The number of carbonyl (C=O) groups is 1. The Morgan fingerprint density at radius 3 is 2.14 bits per heavy atom. The van der Waals surface area contributed by atoms with E-state index in [0.29, 0.717) is 5.56 Å². The zero-order chi connectivity index (χ0) is 20.6. The van der Waals surface area contributed by atoms with Gasteiger partial charge in [-0.3, -0.25) is 0 Å². The van der Waals surface area contributed by atoms with E-state index in [0.717, 1.165) is 5.56 Å². The molecule has 2 aliphatic rings. The van der Waals surface area contributed by atoms with Gasteiger partial charge in [-0.2, -0.15) is 0 Å². The molecule has 2 heterocycles. The molecule has 0 spiro atoms. The van der Waals surface area contributed by atoms with Crippen LogP contribution >= 0.6 is 18.6 Å². The summed E-state index contributed by atoms with van der Waals surface area (Å²) in [5.41, 5.74) is 5.46. The molecule has 0 bridgehead atoms. The van der Waals surface area contributed by atoms with E-state index in [1.165, 1.54) is 16.7 Å². The van der Waals surface area contributed by atoms with Gasteiger partial charge < -0.3 is 0 Å². The molecule has 2 aromatic carbocycles. The molecule has 1 saturated heterocycles. The fourth-order valence-corrected chi connectivity index (χ4v) is 10.4. The van der Waals surface area contributed by atoms with E-state index in [-0.39, 0.29) is 22.8 Å². The molecule has 3 nitrogen and oxygen atoms in total. The molecule has 6 heteroatoms. The van der Waals surface area contributed by atoms with E-state index in [2.05, 4.69) is 59.7 Å². The third kappa shape index (κ3) is 3.07. The molecule has 0 radical (unpaired) electrons. The van der Waals surface area contributed by atoms with Gasteiger partial charge in [0.15, 0.2) is 0 Å². The Balaban J connectivity index is 1.96. The van der Waals surface area contributed by atoms with Crippen LogP contribution in [0.25, 0.3) is 0 Å². The summed E-state index contributed by atoms with van der Waals surface area (Å²) in [5.74, 6) is -0.0690. The van der Waals surface area contributed by atoms with Crippen molar-refractivity contribution < 1.29 is 19.8 Å². The van der Waals surface area contributed by atoms with Gasteiger partial charge in [-0.05, 0) is 0 Å². The van der Waals surface area contributed by atoms with Crippen molar-refractivity contribution in [3.05, 3.63) is 70.3 Å². The second-order valence-corrected chi connectivity index (χ2v) is 17.9. The minimum absolute atomic E-state index is 0.0535. The van der Waals surface area contributed by atoms with Gasteiger partial charge in [0, 0.05) is 0 Å². The first kappa shape index (κ1) is 20.4. The zero-order valence-corrected chi connectivity index (χ0v) is 20.3. The monoisotopic (exact) mass is 452 g/mol. The van der Waals surface area contributed by atoms with Gasteiger partial charge in [-0.25, -0.2) is 0 Å². The van der Waals surface area contributed by atoms with Crippen LogP contribution in [0, 0.1) is 0 Å². The summed E-state index contributed by atoms with van der Waals surface area (Å²) in [7, 11) is 13.4. The zero-order valence-electron chi connectivity index (χ0n) is 17.2. The van der Waals surface area contributed by atoms with E-state index < -0.39 is 15.0 Å². The number of hydrogen-bond acceptors (Lipinski definition) is 2. The Labute approximate surface area is 179 Å². The van der Waals surface area contributed by atoms with Crippen molar-refractivity contribution in [3.63, 3.8) is 0 Å². The van der Waals surface area contributed by atoms with Crippen LogP contribution in [0.5, 0.6) is 0 Å². The summed E-state index contributed by atoms with van der Waals surface area (Å²) >= 11 is -3.50. The van der Waals surface area contributed by atoms with Gasteiger partial charge in [0.25, 0.3) is 0 Å². The van der Waals surface area contributed by atoms with Gasteiger partial charge in [0.2, 0.25) is 0 Å². The first-order valence-corrected chi connectivity index (χ1v) is 15.3. The van der Waals surface area contributed by atoms with Crippen LogP contribution in [0.2, 0.25) is 0 Å². The van der Waals surface area contributed by atoms with Crippen LogP contribution in [0.4, 0.5) is 0 Å². The first-order chi connectivity index (χ1) is 12.8. The summed E-state index contributed by atoms with van der Waals surface area (Å²) in [5, 5.41) is 0. The van der Waals surface area contributed by atoms with Crippen molar-refractivity contribution in [1.29, 1.82) is 0 Å². The van der Waals surface area contributed by atoms with Crippen LogP contribution in [0.15, 0.2) is 42.5 Å². The average Bonchev–Trinajstić information content (AvgIpc) is 3.16. The maximum atomic E-state index is 12.9. The molecular formula is C22H26Cl2N2OTi. The van der Waals surface area contributed by atoms with Crippen LogP contribution < -0.4 is 0 Å². The molecule has 2 unspecified atom stereocenters.